The molecule has 10 heteroatoms. The minimum Gasteiger partial charge on any atom is -0.493 e. The van der Waals surface area contributed by atoms with E-state index in [-0.39, 0.29) is 17.1 Å². The predicted molar refractivity (Wildman–Crippen MR) is 120 cm³/mol. The van der Waals surface area contributed by atoms with E-state index in [9.17, 15) is 13.2 Å². The summed E-state index contributed by atoms with van der Waals surface area (Å²) in [6.45, 7) is 2.59. The highest BCUT2D eigenvalue weighted by Crippen LogP contribution is 2.31. The summed E-state index contributed by atoms with van der Waals surface area (Å²) in [6, 6.07) is 9.78. The van der Waals surface area contributed by atoms with E-state index in [4.69, 9.17) is 14.2 Å². The maximum absolute atomic E-state index is 12.7. The molecule has 0 atom stereocenters. The van der Waals surface area contributed by atoms with E-state index < -0.39 is 16.0 Å². The Morgan fingerprint density at radius 1 is 1.12 bits per heavy atom. The van der Waals surface area contributed by atoms with Crippen molar-refractivity contribution in [2.24, 2.45) is 0 Å². The summed E-state index contributed by atoms with van der Waals surface area (Å²) in [4.78, 5) is 17.4. The van der Waals surface area contributed by atoms with Gasteiger partial charge >= 0.3 is 5.97 Å². The summed E-state index contributed by atoms with van der Waals surface area (Å²) < 4.78 is 44.1. The van der Waals surface area contributed by atoms with E-state index in [2.05, 4.69) is 4.98 Å². The molecule has 0 aliphatic carbocycles. The highest BCUT2D eigenvalue weighted by molar-refractivity contribution is 7.89. The SMILES string of the molecule is CCCn1c(COC(=O)c2cccc(OC)c2OC)nc2cc(S(=O)(=O)N(C)C)ccc21. The lowest BCUT2D eigenvalue weighted by atomic mass is 10.2. The van der Waals surface area contributed by atoms with E-state index >= 15 is 0 Å². The van der Waals surface area contributed by atoms with Gasteiger partial charge in [-0.25, -0.2) is 22.5 Å². The largest absolute Gasteiger partial charge is 0.493 e. The number of hydrogen-bond donors (Lipinski definition) is 0. The number of esters is 1. The van der Waals surface area contributed by atoms with Crippen LogP contribution < -0.4 is 9.47 Å². The van der Waals surface area contributed by atoms with Crippen LogP contribution in [0.3, 0.4) is 0 Å². The van der Waals surface area contributed by atoms with Gasteiger partial charge in [0, 0.05) is 20.6 Å². The zero-order chi connectivity index (χ0) is 23.5. The normalized spacial score (nSPS) is 11.7. The van der Waals surface area contributed by atoms with Gasteiger partial charge in [0.1, 0.15) is 18.0 Å². The third-order valence-corrected chi connectivity index (χ3v) is 6.79. The Hall–Kier alpha value is -3.11. The summed E-state index contributed by atoms with van der Waals surface area (Å²) in [6.07, 6.45) is 0.827. The van der Waals surface area contributed by atoms with Gasteiger partial charge in [0.15, 0.2) is 11.5 Å². The molecule has 2 aromatic carbocycles. The van der Waals surface area contributed by atoms with Gasteiger partial charge in [-0.15, -0.1) is 0 Å². The molecule has 0 spiro atoms. The topological polar surface area (TPSA) is 100.0 Å². The van der Waals surface area contributed by atoms with Crippen LogP contribution in [-0.2, 0) is 27.9 Å². The molecule has 0 radical (unpaired) electrons. The summed E-state index contributed by atoms with van der Waals surface area (Å²) in [5.41, 5.74) is 1.53. The summed E-state index contributed by atoms with van der Waals surface area (Å²) in [5, 5.41) is 0. The molecule has 0 fully saturated rings. The van der Waals surface area contributed by atoms with Crippen LogP contribution in [-0.4, -0.2) is 56.6 Å². The average molecular weight is 462 g/mol. The molecule has 1 aromatic heterocycles. The van der Waals surface area contributed by atoms with E-state index in [1.54, 1.807) is 30.3 Å². The molecule has 32 heavy (non-hydrogen) atoms. The Bertz CT molecular complexity index is 1230. The lowest BCUT2D eigenvalue weighted by Crippen LogP contribution is -2.22. The standard InChI is InChI=1S/C22H27N3O6S/c1-6-12-25-18-11-10-15(32(27,28)24(2)3)13-17(18)23-20(25)14-31-22(26)16-8-7-9-19(29-4)21(16)30-5/h7-11,13H,6,12,14H2,1-5H3. The van der Waals surface area contributed by atoms with Crippen LogP contribution in [0.1, 0.15) is 29.5 Å². The van der Waals surface area contributed by atoms with Gasteiger partial charge in [0.25, 0.3) is 0 Å². The monoisotopic (exact) mass is 461 g/mol. The molecule has 0 aliphatic rings. The zero-order valence-electron chi connectivity index (χ0n) is 18.8. The van der Waals surface area contributed by atoms with Gasteiger partial charge in [-0.1, -0.05) is 13.0 Å². The highest BCUT2D eigenvalue weighted by atomic mass is 32.2. The minimum absolute atomic E-state index is 0.0797. The quantitative estimate of drug-likeness (QED) is 0.452. The lowest BCUT2D eigenvalue weighted by Gasteiger charge is -2.13. The van der Waals surface area contributed by atoms with Crippen LogP contribution in [0, 0.1) is 0 Å². The second-order valence-corrected chi connectivity index (χ2v) is 9.39. The van der Waals surface area contributed by atoms with Gasteiger partial charge in [-0.3, -0.25) is 0 Å². The Morgan fingerprint density at radius 2 is 1.88 bits per heavy atom. The van der Waals surface area contributed by atoms with Crippen molar-refractivity contribution in [2.75, 3.05) is 28.3 Å². The number of methoxy groups -OCH3 is 2. The molecule has 0 saturated carbocycles. The van der Waals surface area contributed by atoms with Crippen molar-refractivity contribution in [1.29, 1.82) is 0 Å². The summed E-state index contributed by atoms with van der Waals surface area (Å²) in [7, 11) is 2.31. The summed E-state index contributed by atoms with van der Waals surface area (Å²) in [5.74, 6) is 0.665. The third-order valence-electron chi connectivity index (χ3n) is 4.98. The van der Waals surface area contributed by atoms with E-state index in [1.807, 2.05) is 11.5 Å². The number of rotatable bonds is 9. The molecular weight excluding hydrogens is 434 g/mol. The van der Waals surface area contributed by atoms with Crippen molar-refractivity contribution in [1.82, 2.24) is 13.9 Å². The number of carbonyl (C=O) groups is 1. The number of imidazole rings is 1. The first-order valence-electron chi connectivity index (χ1n) is 10.0. The number of fused-ring (bicyclic) bond motifs is 1. The second kappa shape index (κ2) is 9.58. The molecule has 0 N–H and O–H groups in total. The zero-order valence-corrected chi connectivity index (χ0v) is 19.6. The molecule has 9 nitrogen and oxygen atoms in total. The number of carbonyl (C=O) groups excluding carboxylic acids is 1. The van der Waals surface area contributed by atoms with Gasteiger partial charge < -0.3 is 18.8 Å². The number of nitrogens with zero attached hydrogens (tertiary/aromatic N) is 3. The molecule has 172 valence electrons. The minimum atomic E-state index is -3.59. The maximum Gasteiger partial charge on any atom is 0.342 e. The van der Waals surface area contributed by atoms with E-state index in [0.717, 1.165) is 16.2 Å². The van der Waals surface area contributed by atoms with Crippen LogP contribution in [0.25, 0.3) is 11.0 Å². The van der Waals surface area contributed by atoms with Crippen LogP contribution >= 0.6 is 0 Å². The van der Waals surface area contributed by atoms with Crippen molar-refractivity contribution in [2.45, 2.75) is 31.4 Å². The van der Waals surface area contributed by atoms with Crippen LogP contribution in [0.2, 0.25) is 0 Å². The average Bonchev–Trinajstić information content (AvgIpc) is 3.13. The van der Waals surface area contributed by atoms with Crippen LogP contribution in [0.5, 0.6) is 11.5 Å². The number of sulfonamides is 1. The number of ether oxygens (including phenoxy) is 3. The maximum atomic E-state index is 12.7. The first-order chi connectivity index (χ1) is 15.2. The molecule has 3 aromatic rings. The Balaban J connectivity index is 1.93. The Labute approximate surface area is 187 Å². The van der Waals surface area contributed by atoms with E-state index in [1.165, 1.54) is 34.4 Å². The molecule has 1 heterocycles. The lowest BCUT2D eigenvalue weighted by molar-refractivity contribution is 0.0454. The number of aryl methyl sites for hydroxylation is 1. The van der Waals surface area contributed by atoms with Crippen molar-refractivity contribution in [3.05, 3.63) is 47.8 Å². The van der Waals surface area contributed by atoms with Crippen molar-refractivity contribution in [3.63, 3.8) is 0 Å². The van der Waals surface area contributed by atoms with Crippen LogP contribution in [0.15, 0.2) is 41.3 Å². The number of para-hydroxylation sites is 1. The van der Waals surface area contributed by atoms with Gasteiger partial charge in [0.2, 0.25) is 10.0 Å². The van der Waals surface area contributed by atoms with E-state index in [0.29, 0.717) is 29.4 Å². The van der Waals surface area contributed by atoms with Crippen LogP contribution in [0.4, 0.5) is 0 Å². The fraction of sp³-hybridized carbons (Fsp3) is 0.364. The Morgan fingerprint density at radius 3 is 2.50 bits per heavy atom. The molecule has 0 aliphatic heterocycles. The second-order valence-electron chi connectivity index (χ2n) is 7.23. The molecule has 0 bridgehead atoms. The number of hydrogen-bond acceptors (Lipinski definition) is 7. The fourth-order valence-electron chi connectivity index (χ4n) is 3.37. The molecule has 0 amide bonds. The Kier molecular flexibility index (Phi) is 7.05. The van der Waals surface area contributed by atoms with Crippen molar-refractivity contribution in [3.8, 4) is 11.5 Å². The van der Waals surface area contributed by atoms with Gasteiger partial charge in [-0.2, -0.15) is 0 Å². The predicted octanol–water partition coefficient (Wildman–Crippen LogP) is 3.07. The van der Waals surface area contributed by atoms with Gasteiger partial charge in [-0.05, 0) is 36.8 Å². The summed E-state index contributed by atoms with van der Waals surface area (Å²) >= 11 is 0. The first-order valence-corrected chi connectivity index (χ1v) is 11.5. The van der Waals surface area contributed by atoms with Crippen molar-refractivity contribution >= 4 is 27.0 Å². The third kappa shape index (κ3) is 4.42. The number of aromatic nitrogens is 2. The number of benzene rings is 2. The van der Waals surface area contributed by atoms with Gasteiger partial charge in [0.05, 0.1) is 30.1 Å². The fourth-order valence-corrected chi connectivity index (χ4v) is 4.29. The highest BCUT2D eigenvalue weighted by Gasteiger charge is 2.21. The first kappa shape index (κ1) is 23.6. The molecule has 0 unspecified atom stereocenters. The smallest absolute Gasteiger partial charge is 0.342 e. The molecular formula is C22H27N3O6S. The molecule has 3 rings (SSSR count). The molecule has 0 saturated heterocycles. The van der Waals surface area contributed by atoms with Crippen molar-refractivity contribution < 1.29 is 27.4 Å².